The minimum Gasteiger partial charge on any atom is -0.481 e. The molecule has 0 aromatic carbocycles. The van der Waals surface area contributed by atoms with E-state index >= 15 is 0 Å². The summed E-state index contributed by atoms with van der Waals surface area (Å²) in [4.78, 5) is 21.6. The van der Waals surface area contributed by atoms with Gasteiger partial charge in [0, 0.05) is 13.1 Å². The first-order valence-corrected chi connectivity index (χ1v) is 3.87. The fourth-order valence-corrected chi connectivity index (χ4v) is 1.16. The Kier molecular flexibility index (Phi) is 2.65. The molecule has 5 heteroatoms. The van der Waals surface area contributed by atoms with Gasteiger partial charge in [-0.3, -0.25) is 9.59 Å². The lowest BCUT2D eigenvalue weighted by Gasteiger charge is -2.25. The molecule has 2 unspecified atom stereocenters. The molecule has 12 heavy (non-hydrogen) atoms. The summed E-state index contributed by atoms with van der Waals surface area (Å²) in [6.45, 7) is 2.72. The number of rotatable bonds is 2. The number of piperazine rings is 1. The van der Waals surface area contributed by atoms with Gasteiger partial charge in [0.1, 0.15) is 0 Å². The summed E-state index contributed by atoms with van der Waals surface area (Å²) in [5.41, 5.74) is 0. The van der Waals surface area contributed by atoms with E-state index in [2.05, 4.69) is 10.6 Å². The third-order valence-electron chi connectivity index (χ3n) is 1.96. The van der Waals surface area contributed by atoms with Gasteiger partial charge in [-0.05, 0) is 6.92 Å². The van der Waals surface area contributed by atoms with E-state index in [0.717, 1.165) is 0 Å². The average molecular weight is 172 g/mol. The van der Waals surface area contributed by atoms with Gasteiger partial charge in [-0.2, -0.15) is 0 Å². The smallest absolute Gasteiger partial charge is 0.308 e. The highest BCUT2D eigenvalue weighted by Crippen LogP contribution is 2.04. The monoisotopic (exact) mass is 172 g/mol. The second-order valence-corrected chi connectivity index (χ2v) is 2.85. The molecule has 1 heterocycles. The fourth-order valence-electron chi connectivity index (χ4n) is 1.16. The van der Waals surface area contributed by atoms with Gasteiger partial charge in [0.2, 0.25) is 5.91 Å². The van der Waals surface area contributed by atoms with Gasteiger partial charge >= 0.3 is 5.97 Å². The second-order valence-electron chi connectivity index (χ2n) is 2.85. The number of hydrogen-bond donors (Lipinski definition) is 3. The molecule has 1 saturated heterocycles. The van der Waals surface area contributed by atoms with Gasteiger partial charge in [0.15, 0.2) is 0 Å². The minimum absolute atomic E-state index is 0.226. The van der Waals surface area contributed by atoms with Crippen molar-refractivity contribution < 1.29 is 14.7 Å². The Bertz CT molecular complexity index is 205. The summed E-state index contributed by atoms with van der Waals surface area (Å²) < 4.78 is 0. The first-order chi connectivity index (χ1) is 5.63. The Morgan fingerprint density at radius 1 is 1.67 bits per heavy atom. The normalized spacial score (nSPS) is 26.1. The van der Waals surface area contributed by atoms with E-state index in [1.54, 1.807) is 0 Å². The third-order valence-corrected chi connectivity index (χ3v) is 1.96. The van der Waals surface area contributed by atoms with Gasteiger partial charge in [-0.25, -0.2) is 0 Å². The van der Waals surface area contributed by atoms with Crippen LogP contribution in [0.3, 0.4) is 0 Å². The maximum atomic E-state index is 11.1. The molecule has 1 fully saturated rings. The summed E-state index contributed by atoms with van der Waals surface area (Å²) in [6.07, 6.45) is 0. The SMILES string of the molecule is CC(C(=O)O)C1NCCNC1=O. The number of amides is 1. The van der Waals surface area contributed by atoms with Crippen molar-refractivity contribution in [2.75, 3.05) is 13.1 Å². The molecule has 3 N–H and O–H groups in total. The molecule has 1 rings (SSSR count). The standard InChI is InChI=1S/C7H12N2O3/c1-4(7(11)12)5-6(10)9-3-2-8-5/h4-5,8H,2-3H2,1H3,(H,9,10)(H,11,12). The molecular formula is C7H12N2O3. The van der Waals surface area contributed by atoms with Crippen LogP contribution in [0, 0.1) is 5.92 Å². The largest absolute Gasteiger partial charge is 0.481 e. The summed E-state index contributed by atoms with van der Waals surface area (Å²) >= 11 is 0. The molecule has 68 valence electrons. The summed E-state index contributed by atoms with van der Waals surface area (Å²) in [5, 5.41) is 14.1. The van der Waals surface area contributed by atoms with Gasteiger partial charge in [0.05, 0.1) is 12.0 Å². The molecule has 0 saturated carbocycles. The summed E-state index contributed by atoms with van der Waals surface area (Å²) in [7, 11) is 0. The molecule has 0 aliphatic carbocycles. The van der Waals surface area contributed by atoms with Crippen molar-refractivity contribution in [1.29, 1.82) is 0 Å². The van der Waals surface area contributed by atoms with Crippen LogP contribution < -0.4 is 10.6 Å². The van der Waals surface area contributed by atoms with Gasteiger partial charge < -0.3 is 15.7 Å². The Balaban J connectivity index is 2.59. The van der Waals surface area contributed by atoms with E-state index in [-0.39, 0.29) is 5.91 Å². The highest BCUT2D eigenvalue weighted by molar-refractivity contribution is 5.87. The van der Waals surface area contributed by atoms with E-state index in [1.165, 1.54) is 6.92 Å². The average Bonchev–Trinajstić information content (AvgIpc) is 2.04. The molecule has 0 radical (unpaired) electrons. The van der Waals surface area contributed by atoms with Crippen LogP contribution in [0.4, 0.5) is 0 Å². The molecular weight excluding hydrogens is 160 g/mol. The molecule has 2 atom stereocenters. The van der Waals surface area contributed by atoms with Crippen molar-refractivity contribution in [3.63, 3.8) is 0 Å². The lowest BCUT2D eigenvalue weighted by molar-refractivity contribution is -0.145. The van der Waals surface area contributed by atoms with Crippen LogP contribution >= 0.6 is 0 Å². The van der Waals surface area contributed by atoms with Crippen LogP contribution in [0.1, 0.15) is 6.92 Å². The molecule has 1 aliphatic rings. The van der Waals surface area contributed by atoms with Gasteiger partial charge in [-0.15, -0.1) is 0 Å². The van der Waals surface area contributed by atoms with Crippen LogP contribution in [-0.2, 0) is 9.59 Å². The van der Waals surface area contributed by atoms with E-state index < -0.39 is 17.9 Å². The Morgan fingerprint density at radius 3 is 2.83 bits per heavy atom. The predicted molar refractivity (Wildman–Crippen MR) is 41.6 cm³/mol. The first kappa shape index (κ1) is 8.99. The summed E-state index contributed by atoms with van der Waals surface area (Å²) in [5.74, 6) is -1.86. The van der Waals surface area contributed by atoms with E-state index in [0.29, 0.717) is 13.1 Å². The molecule has 1 aliphatic heterocycles. The third kappa shape index (κ3) is 1.73. The predicted octanol–water partition coefficient (Wildman–Crippen LogP) is -1.20. The van der Waals surface area contributed by atoms with Crippen molar-refractivity contribution in [2.45, 2.75) is 13.0 Å². The van der Waals surface area contributed by atoms with Crippen LogP contribution in [0.15, 0.2) is 0 Å². The lowest BCUT2D eigenvalue weighted by Crippen LogP contribution is -2.56. The Labute approximate surface area is 70.1 Å². The highest BCUT2D eigenvalue weighted by Gasteiger charge is 2.31. The van der Waals surface area contributed by atoms with Gasteiger partial charge in [0.25, 0.3) is 0 Å². The number of carboxylic acids is 1. The molecule has 5 nitrogen and oxygen atoms in total. The zero-order chi connectivity index (χ0) is 9.14. The number of hydrogen-bond acceptors (Lipinski definition) is 3. The zero-order valence-corrected chi connectivity index (χ0v) is 6.83. The number of carbonyl (C=O) groups is 2. The van der Waals surface area contributed by atoms with E-state index in [9.17, 15) is 9.59 Å². The fraction of sp³-hybridized carbons (Fsp3) is 0.714. The van der Waals surface area contributed by atoms with Crippen molar-refractivity contribution in [3.05, 3.63) is 0 Å². The number of aliphatic carboxylic acids is 1. The van der Waals surface area contributed by atoms with Gasteiger partial charge in [-0.1, -0.05) is 0 Å². The van der Waals surface area contributed by atoms with Crippen molar-refractivity contribution in [2.24, 2.45) is 5.92 Å². The number of nitrogens with one attached hydrogen (secondary N) is 2. The van der Waals surface area contributed by atoms with E-state index in [1.807, 2.05) is 0 Å². The Morgan fingerprint density at radius 2 is 2.33 bits per heavy atom. The van der Waals surface area contributed by atoms with Crippen LogP contribution in [-0.4, -0.2) is 36.1 Å². The summed E-state index contributed by atoms with van der Waals surface area (Å²) in [6, 6.07) is -0.587. The molecule has 1 amide bonds. The number of carboxylic acid groups (broad SMARTS) is 1. The van der Waals surface area contributed by atoms with Crippen molar-refractivity contribution in [3.8, 4) is 0 Å². The Hall–Kier alpha value is -1.10. The highest BCUT2D eigenvalue weighted by atomic mass is 16.4. The lowest BCUT2D eigenvalue weighted by atomic mass is 10.0. The van der Waals surface area contributed by atoms with Crippen LogP contribution in [0.2, 0.25) is 0 Å². The zero-order valence-electron chi connectivity index (χ0n) is 6.83. The number of carbonyl (C=O) groups excluding carboxylic acids is 1. The molecule has 0 spiro atoms. The van der Waals surface area contributed by atoms with Crippen LogP contribution in [0.25, 0.3) is 0 Å². The van der Waals surface area contributed by atoms with E-state index in [4.69, 9.17) is 5.11 Å². The molecule has 0 aromatic heterocycles. The molecule has 0 bridgehead atoms. The quantitative estimate of drug-likeness (QED) is 0.488. The maximum Gasteiger partial charge on any atom is 0.308 e. The minimum atomic E-state index is -0.954. The van der Waals surface area contributed by atoms with Crippen LogP contribution in [0.5, 0.6) is 0 Å². The maximum absolute atomic E-state index is 11.1. The first-order valence-electron chi connectivity index (χ1n) is 3.87. The van der Waals surface area contributed by atoms with Crippen molar-refractivity contribution in [1.82, 2.24) is 10.6 Å². The topological polar surface area (TPSA) is 78.4 Å². The van der Waals surface area contributed by atoms with Crippen molar-refractivity contribution >= 4 is 11.9 Å². The molecule has 0 aromatic rings. The second kappa shape index (κ2) is 3.53.